The predicted molar refractivity (Wildman–Crippen MR) is 88.9 cm³/mol. The Hall–Kier alpha value is -1.73. The Morgan fingerprint density at radius 2 is 2.09 bits per heavy atom. The van der Waals surface area contributed by atoms with E-state index in [0.29, 0.717) is 5.02 Å². The first-order chi connectivity index (χ1) is 10.5. The number of carbonyl (C=O) groups excluding carboxylic acids is 1. The summed E-state index contributed by atoms with van der Waals surface area (Å²) in [5.41, 5.74) is 1.17. The molecule has 4 nitrogen and oxygen atoms in total. The number of halogens is 1. The summed E-state index contributed by atoms with van der Waals surface area (Å²) < 4.78 is 0. The number of hydrogen-bond acceptors (Lipinski definition) is 3. The van der Waals surface area contributed by atoms with Crippen molar-refractivity contribution >= 4 is 23.2 Å². The Morgan fingerprint density at radius 1 is 1.41 bits per heavy atom. The van der Waals surface area contributed by atoms with Crippen LogP contribution in [0.2, 0.25) is 5.02 Å². The highest BCUT2D eigenvalue weighted by atomic mass is 35.5. The monoisotopic (exact) mass is 319 g/mol. The number of amides is 1. The van der Waals surface area contributed by atoms with E-state index in [2.05, 4.69) is 11.4 Å². The topological polar surface area (TPSA) is 56.1 Å². The molecule has 0 aromatic heterocycles. The number of aryl methyl sites for hydroxylation is 1. The van der Waals surface area contributed by atoms with E-state index in [1.165, 1.54) is 0 Å². The van der Waals surface area contributed by atoms with Crippen molar-refractivity contribution in [3.8, 4) is 6.07 Å². The lowest BCUT2D eigenvalue weighted by Crippen LogP contribution is -2.51. The molecule has 2 rings (SSSR count). The van der Waals surface area contributed by atoms with Crippen molar-refractivity contribution in [2.75, 3.05) is 18.9 Å². The summed E-state index contributed by atoms with van der Waals surface area (Å²) in [5.74, 6) is -0.0832. The molecule has 1 aromatic carbocycles. The summed E-state index contributed by atoms with van der Waals surface area (Å²) >= 11 is 6.16. The molecule has 118 valence electrons. The van der Waals surface area contributed by atoms with Gasteiger partial charge in [0.25, 0.3) is 0 Å². The lowest BCUT2D eigenvalue weighted by Gasteiger charge is -2.39. The van der Waals surface area contributed by atoms with Gasteiger partial charge >= 0.3 is 0 Å². The van der Waals surface area contributed by atoms with Gasteiger partial charge in [-0.3, -0.25) is 4.79 Å². The fraction of sp³-hybridized carbons (Fsp3) is 0.529. The maximum Gasteiger partial charge on any atom is 0.242 e. The Labute approximate surface area is 137 Å². The van der Waals surface area contributed by atoms with Crippen LogP contribution in [0.5, 0.6) is 0 Å². The Morgan fingerprint density at radius 3 is 2.68 bits per heavy atom. The number of nitriles is 1. The van der Waals surface area contributed by atoms with Crippen LogP contribution in [0.25, 0.3) is 0 Å². The number of nitrogens with zero attached hydrogens (tertiary/aromatic N) is 2. The Bertz CT molecular complexity index is 588. The van der Waals surface area contributed by atoms with E-state index in [-0.39, 0.29) is 12.5 Å². The number of rotatable bonds is 4. The van der Waals surface area contributed by atoms with Crippen LogP contribution < -0.4 is 5.32 Å². The highest BCUT2D eigenvalue weighted by Gasteiger charge is 2.38. The summed E-state index contributed by atoms with van der Waals surface area (Å²) in [5, 5.41) is 13.2. The molecular weight excluding hydrogens is 298 g/mol. The molecular formula is C17H22ClN3O. The minimum Gasteiger partial charge on any atom is -0.375 e. The van der Waals surface area contributed by atoms with Gasteiger partial charge in [0.2, 0.25) is 5.91 Å². The van der Waals surface area contributed by atoms with Gasteiger partial charge in [0.05, 0.1) is 23.3 Å². The van der Waals surface area contributed by atoms with Gasteiger partial charge in [-0.05, 0) is 37.5 Å². The first-order valence-electron chi connectivity index (χ1n) is 7.66. The van der Waals surface area contributed by atoms with E-state index >= 15 is 0 Å². The molecule has 1 amide bonds. The molecule has 0 heterocycles. The molecule has 0 radical (unpaired) electrons. The van der Waals surface area contributed by atoms with Crippen LogP contribution in [0.4, 0.5) is 5.69 Å². The molecule has 1 aromatic rings. The molecule has 1 saturated carbocycles. The predicted octanol–water partition coefficient (Wildman–Crippen LogP) is 3.75. The van der Waals surface area contributed by atoms with Gasteiger partial charge in [0.1, 0.15) is 5.54 Å². The number of benzene rings is 1. The van der Waals surface area contributed by atoms with E-state index in [1.807, 2.05) is 25.1 Å². The summed E-state index contributed by atoms with van der Waals surface area (Å²) in [4.78, 5) is 14.0. The zero-order valence-corrected chi connectivity index (χ0v) is 13.9. The van der Waals surface area contributed by atoms with Crippen LogP contribution in [-0.2, 0) is 4.79 Å². The summed E-state index contributed by atoms with van der Waals surface area (Å²) in [6, 6.07) is 8.03. The molecule has 5 heteroatoms. The van der Waals surface area contributed by atoms with Crippen molar-refractivity contribution in [2.45, 2.75) is 44.6 Å². The fourth-order valence-corrected chi connectivity index (χ4v) is 3.25. The average molecular weight is 320 g/mol. The molecule has 1 aliphatic rings. The second-order valence-electron chi connectivity index (χ2n) is 5.99. The largest absolute Gasteiger partial charge is 0.375 e. The molecule has 0 atom stereocenters. The van der Waals surface area contributed by atoms with Gasteiger partial charge in [-0.15, -0.1) is 0 Å². The van der Waals surface area contributed by atoms with Gasteiger partial charge in [-0.1, -0.05) is 36.9 Å². The Kier molecular flexibility index (Phi) is 5.31. The summed E-state index contributed by atoms with van der Waals surface area (Å²) in [7, 11) is 1.73. The van der Waals surface area contributed by atoms with Crippen LogP contribution in [-0.4, -0.2) is 29.9 Å². The summed E-state index contributed by atoms with van der Waals surface area (Å²) in [6.45, 7) is 2.11. The number of nitrogens with one attached hydrogen (secondary N) is 1. The smallest absolute Gasteiger partial charge is 0.242 e. The van der Waals surface area contributed by atoms with Crippen LogP contribution in [0.1, 0.15) is 37.7 Å². The second-order valence-corrected chi connectivity index (χ2v) is 6.40. The maximum absolute atomic E-state index is 12.4. The number of hydrogen-bond donors (Lipinski definition) is 1. The minimum absolute atomic E-state index is 0.0832. The maximum atomic E-state index is 12.4. The molecule has 1 aliphatic carbocycles. The molecule has 1 N–H and O–H groups in total. The first-order valence-corrected chi connectivity index (χ1v) is 8.04. The molecule has 0 spiro atoms. The van der Waals surface area contributed by atoms with E-state index in [1.54, 1.807) is 11.9 Å². The van der Waals surface area contributed by atoms with Crippen molar-refractivity contribution in [1.29, 1.82) is 5.26 Å². The van der Waals surface area contributed by atoms with E-state index < -0.39 is 5.54 Å². The molecule has 0 aliphatic heterocycles. The third-order valence-corrected chi connectivity index (χ3v) is 4.77. The quantitative estimate of drug-likeness (QED) is 0.919. The van der Waals surface area contributed by atoms with Gasteiger partial charge in [-0.25, -0.2) is 0 Å². The minimum atomic E-state index is -0.645. The fourth-order valence-electron chi connectivity index (χ4n) is 2.95. The lowest BCUT2D eigenvalue weighted by molar-refractivity contribution is -0.132. The molecule has 1 fully saturated rings. The lowest BCUT2D eigenvalue weighted by atomic mass is 9.81. The summed E-state index contributed by atoms with van der Waals surface area (Å²) in [6.07, 6.45) is 4.67. The third kappa shape index (κ3) is 3.53. The Balaban J connectivity index is 2.00. The SMILES string of the molecule is Cc1ccc(NCC(=O)N(C)C2(C#N)CCCCC2)c(Cl)c1. The van der Waals surface area contributed by atoms with Crippen molar-refractivity contribution in [1.82, 2.24) is 4.90 Å². The first kappa shape index (κ1) is 16.6. The molecule has 0 unspecified atom stereocenters. The van der Waals surface area contributed by atoms with Crippen LogP contribution in [0.15, 0.2) is 18.2 Å². The molecule has 22 heavy (non-hydrogen) atoms. The van der Waals surface area contributed by atoms with Gasteiger partial charge < -0.3 is 10.2 Å². The molecule has 0 bridgehead atoms. The number of likely N-dealkylation sites (N-methyl/N-ethyl adjacent to an activating group) is 1. The molecule has 0 saturated heterocycles. The highest BCUT2D eigenvalue weighted by Crippen LogP contribution is 2.32. The highest BCUT2D eigenvalue weighted by molar-refractivity contribution is 6.33. The third-order valence-electron chi connectivity index (χ3n) is 4.46. The van der Waals surface area contributed by atoms with Crippen molar-refractivity contribution in [3.05, 3.63) is 28.8 Å². The standard InChI is InChI=1S/C17H22ClN3O/c1-13-6-7-15(14(18)10-13)20-11-16(22)21(2)17(12-19)8-4-3-5-9-17/h6-7,10,20H,3-5,8-9,11H2,1-2H3. The van der Waals surface area contributed by atoms with Crippen molar-refractivity contribution in [3.63, 3.8) is 0 Å². The van der Waals surface area contributed by atoms with E-state index in [0.717, 1.165) is 43.4 Å². The van der Waals surface area contributed by atoms with Gasteiger partial charge in [-0.2, -0.15) is 5.26 Å². The van der Waals surface area contributed by atoms with Crippen LogP contribution >= 0.6 is 11.6 Å². The second kappa shape index (κ2) is 7.02. The van der Waals surface area contributed by atoms with Gasteiger partial charge in [0.15, 0.2) is 0 Å². The zero-order chi connectivity index (χ0) is 16.2. The van der Waals surface area contributed by atoms with Crippen molar-refractivity contribution in [2.24, 2.45) is 0 Å². The number of carbonyl (C=O) groups is 1. The average Bonchev–Trinajstić information content (AvgIpc) is 2.53. The normalized spacial score (nSPS) is 16.6. The van der Waals surface area contributed by atoms with Crippen molar-refractivity contribution < 1.29 is 4.79 Å². The van der Waals surface area contributed by atoms with Gasteiger partial charge in [0, 0.05) is 7.05 Å². The van der Waals surface area contributed by atoms with Crippen LogP contribution in [0.3, 0.4) is 0 Å². The zero-order valence-electron chi connectivity index (χ0n) is 13.2. The van der Waals surface area contributed by atoms with E-state index in [4.69, 9.17) is 11.6 Å². The number of anilines is 1. The van der Waals surface area contributed by atoms with E-state index in [9.17, 15) is 10.1 Å². The van der Waals surface area contributed by atoms with Crippen LogP contribution in [0, 0.1) is 18.3 Å².